The third kappa shape index (κ3) is 2.05. The molecule has 1 fully saturated rings. The van der Waals surface area contributed by atoms with Crippen molar-refractivity contribution in [1.29, 1.82) is 0 Å². The van der Waals surface area contributed by atoms with Crippen molar-refractivity contribution in [1.82, 2.24) is 9.55 Å². The van der Waals surface area contributed by atoms with Crippen LogP contribution in [0.3, 0.4) is 0 Å². The normalized spacial score (nSPS) is 17.0. The van der Waals surface area contributed by atoms with Crippen LogP contribution in [-0.4, -0.2) is 16.7 Å². The van der Waals surface area contributed by atoms with E-state index in [0.717, 1.165) is 27.5 Å². The van der Waals surface area contributed by atoms with Gasteiger partial charge in [-0.2, -0.15) is 0 Å². The van der Waals surface area contributed by atoms with Crippen LogP contribution in [0.5, 0.6) is 5.75 Å². The first-order valence-corrected chi connectivity index (χ1v) is 6.88. The van der Waals surface area contributed by atoms with E-state index in [4.69, 9.17) is 17.0 Å². The second-order valence-electron chi connectivity index (χ2n) is 5.21. The maximum Gasteiger partial charge on any atom is 0.178 e. The van der Waals surface area contributed by atoms with Crippen LogP contribution < -0.4 is 4.74 Å². The number of imidazole rings is 1. The number of ether oxygens (including phenoxy) is 1. The number of aromatic amines is 1. The molecule has 0 radical (unpaired) electrons. The van der Waals surface area contributed by atoms with Crippen LogP contribution >= 0.6 is 12.2 Å². The van der Waals surface area contributed by atoms with E-state index in [9.17, 15) is 0 Å². The minimum atomic E-state index is 0.450. The van der Waals surface area contributed by atoms with Gasteiger partial charge in [-0.1, -0.05) is 12.8 Å². The van der Waals surface area contributed by atoms with E-state index in [1.807, 2.05) is 12.1 Å². The van der Waals surface area contributed by atoms with E-state index in [-0.39, 0.29) is 0 Å². The molecule has 1 aliphatic carbocycles. The van der Waals surface area contributed by atoms with Crippen molar-refractivity contribution in [2.45, 2.75) is 32.2 Å². The highest BCUT2D eigenvalue weighted by atomic mass is 32.1. The molecule has 4 heteroatoms. The minimum Gasteiger partial charge on any atom is -0.497 e. The summed E-state index contributed by atoms with van der Waals surface area (Å²) < 4.78 is 8.34. The molecular weight excluding hydrogens is 244 g/mol. The molecule has 0 amide bonds. The van der Waals surface area contributed by atoms with Crippen LogP contribution in [0.15, 0.2) is 18.2 Å². The number of aromatic nitrogens is 2. The van der Waals surface area contributed by atoms with Crippen LogP contribution in [0.2, 0.25) is 0 Å². The monoisotopic (exact) mass is 262 g/mol. The number of nitrogens with zero attached hydrogens (tertiary/aromatic N) is 1. The molecule has 1 atom stereocenters. The highest BCUT2D eigenvalue weighted by Gasteiger charge is 2.25. The van der Waals surface area contributed by atoms with Gasteiger partial charge in [0, 0.05) is 12.1 Å². The molecular formula is C14H18N2OS. The largest absolute Gasteiger partial charge is 0.497 e. The summed E-state index contributed by atoms with van der Waals surface area (Å²) in [6.45, 7) is 2.25. The fourth-order valence-corrected chi connectivity index (χ4v) is 3.00. The van der Waals surface area contributed by atoms with Crippen LogP contribution in [0.1, 0.15) is 32.2 Å². The molecule has 0 saturated heterocycles. The zero-order chi connectivity index (χ0) is 12.7. The topological polar surface area (TPSA) is 29.9 Å². The summed E-state index contributed by atoms with van der Waals surface area (Å²) in [5.41, 5.74) is 2.23. The van der Waals surface area contributed by atoms with Gasteiger partial charge in [-0.25, -0.2) is 0 Å². The number of methoxy groups -OCH3 is 1. The number of rotatable bonds is 4. The number of fused-ring (bicyclic) bond motifs is 1. The maximum absolute atomic E-state index is 5.45. The van der Waals surface area contributed by atoms with E-state index in [1.165, 1.54) is 19.3 Å². The standard InChI is InChI=1S/C14H18N2OS/c1-9(7-10-3-4-10)16-13-8-11(17-2)5-6-12(13)15-14(16)18/h5-6,8-10H,3-4,7H2,1-2H3,(H,15,18). The SMILES string of the molecule is COc1ccc2[nH]c(=S)n(C(C)CC3CC3)c2c1. The number of hydrogen-bond acceptors (Lipinski definition) is 2. The van der Waals surface area contributed by atoms with Gasteiger partial charge in [-0.15, -0.1) is 0 Å². The van der Waals surface area contributed by atoms with Gasteiger partial charge >= 0.3 is 0 Å². The molecule has 1 heterocycles. The molecule has 1 aliphatic rings. The summed E-state index contributed by atoms with van der Waals surface area (Å²) in [6.07, 6.45) is 3.98. The predicted molar refractivity (Wildman–Crippen MR) is 75.7 cm³/mol. The maximum atomic E-state index is 5.45. The first-order valence-electron chi connectivity index (χ1n) is 6.47. The Kier molecular flexibility index (Phi) is 2.90. The Morgan fingerprint density at radius 1 is 1.50 bits per heavy atom. The Balaban J connectivity index is 2.07. The molecule has 0 spiro atoms. The van der Waals surface area contributed by atoms with Crippen molar-refractivity contribution in [2.24, 2.45) is 5.92 Å². The lowest BCUT2D eigenvalue weighted by molar-refractivity contribution is 0.414. The second kappa shape index (κ2) is 4.43. The van der Waals surface area contributed by atoms with Gasteiger partial charge in [0.2, 0.25) is 0 Å². The Labute approximate surface area is 112 Å². The van der Waals surface area contributed by atoms with Crippen LogP contribution in [0.25, 0.3) is 11.0 Å². The molecule has 96 valence electrons. The van der Waals surface area contributed by atoms with E-state index in [1.54, 1.807) is 7.11 Å². The van der Waals surface area contributed by atoms with Crippen molar-refractivity contribution in [3.8, 4) is 5.75 Å². The lowest BCUT2D eigenvalue weighted by Gasteiger charge is -2.14. The molecule has 1 N–H and O–H groups in total. The van der Waals surface area contributed by atoms with Gasteiger partial charge in [0.25, 0.3) is 0 Å². The minimum absolute atomic E-state index is 0.450. The number of benzene rings is 1. The molecule has 1 unspecified atom stereocenters. The van der Waals surface area contributed by atoms with Crippen molar-refractivity contribution in [2.75, 3.05) is 7.11 Å². The average molecular weight is 262 g/mol. The first-order chi connectivity index (χ1) is 8.69. The average Bonchev–Trinajstić information content (AvgIpc) is 3.08. The summed E-state index contributed by atoms with van der Waals surface area (Å²) in [6, 6.07) is 6.50. The van der Waals surface area contributed by atoms with E-state index in [0.29, 0.717) is 6.04 Å². The van der Waals surface area contributed by atoms with E-state index in [2.05, 4.69) is 22.5 Å². The molecule has 2 aromatic rings. The molecule has 1 saturated carbocycles. The summed E-state index contributed by atoms with van der Waals surface area (Å²) >= 11 is 5.45. The summed E-state index contributed by atoms with van der Waals surface area (Å²) in [7, 11) is 1.69. The van der Waals surface area contributed by atoms with E-state index >= 15 is 0 Å². The Morgan fingerprint density at radius 2 is 2.28 bits per heavy atom. The molecule has 1 aromatic heterocycles. The summed E-state index contributed by atoms with van der Waals surface area (Å²) in [5, 5.41) is 0. The smallest absolute Gasteiger partial charge is 0.178 e. The summed E-state index contributed by atoms with van der Waals surface area (Å²) in [4.78, 5) is 3.28. The fourth-order valence-electron chi connectivity index (χ4n) is 2.61. The molecule has 0 aliphatic heterocycles. The van der Waals surface area contributed by atoms with Gasteiger partial charge in [-0.05, 0) is 43.6 Å². The fraction of sp³-hybridized carbons (Fsp3) is 0.500. The predicted octanol–water partition coefficient (Wildman–Crippen LogP) is 4.07. The Hall–Kier alpha value is -1.29. The van der Waals surface area contributed by atoms with E-state index < -0.39 is 0 Å². The van der Waals surface area contributed by atoms with Crippen molar-refractivity contribution < 1.29 is 4.74 Å². The highest BCUT2D eigenvalue weighted by Crippen LogP contribution is 2.37. The summed E-state index contributed by atoms with van der Waals surface area (Å²) in [5.74, 6) is 1.78. The number of nitrogens with one attached hydrogen (secondary N) is 1. The lowest BCUT2D eigenvalue weighted by Crippen LogP contribution is -2.06. The second-order valence-corrected chi connectivity index (χ2v) is 5.60. The number of hydrogen-bond donors (Lipinski definition) is 1. The third-order valence-electron chi connectivity index (χ3n) is 3.74. The molecule has 0 bridgehead atoms. The number of H-pyrrole nitrogens is 1. The molecule has 3 nitrogen and oxygen atoms in total. The Morgan fingerprint density at radius 3 is 2.94 bits per heavy atom. The highest BCUT2D eigenvalue weighted by molar-refractivity contribution is 7.71. The molecule has 3 rings (SSSR count). The van der Waals surface area contributed by atoms with Crippen LogP contribution in [0.4, 0.5) is 0 Å². The van der Waals surface area contributed by atoms with Gasteiger partial charge < -0.3 is 14.3 Å². The molecule has 1 aromatic carbocycles. The zero-order valence-corrected chi connectivity index (χ0v) is 11.6. The van der Waals surface area contributed by atoms with Crippen molar-refractivity contribution in [3.63, 3.8) is 0 Å². The van der Waals surface area contributed by atoms with Crippen molar-refractivity contribution >= 4 is 23.3 Å². The first kappa shape index (κ1) is 11.8. The zero-order valence-electron chi connectivity index (χ0n) is 10.8. The van der Waals surface area contributed by atoms with Gasteiger partial charge in [0.15, 0.2) is 4.77 Å². The van der Waals surface area contributed by atoms with Crippen LogP contribution in [-0.2, 0) is 0 Å². The lowest BCUT2D eigenvalue weighted by atomic mass is 10.1. The quantitative estimate of drug-likeness (QED) is 0.842. The molecule has 18 heavy (non-hydrogen) atoms. The van der Waals surface area contributed by atoms with Gasteiger partial charge in [-0.3, -0.25) is 0 Å². The van der Waals surface area contributed by atoms with Gasteiger partial charge in [0.1, 0.15) is 5.75 Å². The van der Waals surface area contributed by atoms with Crippen LogP contribution in [0, 0.1) is 10.7 Å². The van der Waals surface area contributed by atoms with Crippen molar-refractivity contribution in [3.05, 3.63) is 23.0 Å². The third-order valence-corrected chi connectivity index (χ3v) is 4.04. The Bertz CT molecular complexity index is 624. The van der Waals surface area contributed by atoms with Gasteiger partial charge in [0.05, 0.1) is 18.1 Å².